The summed E-state index contributed by atoms with van der Waals surface area (Å²) in [5.74, 6) is 0.212. The minimum absolute atomic E-state index is 0.0362. The Morgan fingerprint density at radius 1 is 1.28 bits per heavy atom. The molecule has 1 aliphatic carbocycles. The summed E-state index contributed by atoms with van der Waals surface area (Å²) in [6.45, 7) is 6.21. The largest absolute Gasteiger partial charge is 0.461 e. The van der Waals surface area contributed by atoms with E-state index in [1.807, 2.05) is 11.4 Å². The highest BCUT2D eigenvalue weighted by atomic mass is 32.1. The number of rotatable bonds is 4. The molecule has 0 unspecified atom stereocenters. The van der Waals surface area contributed by atoms with Crippen molar-refractivity contribution in [3.05, 3.63) is 51.4 Å². The molecule has 5 nitrogen and oxygen atoms in total. The van der Waals surface area contributed by atoms with E-state index < -0.39 is 0 Å². The zero-order valence-electron chi connectivity index (χ0n) is 17.1. The lowest BCUT2D eigenvalue weighted by molar-refractivity contribution is -0.152. The van der Waals surface area contributed by atoms with Crippen molar-refractivity contribution in [1.29, 1.82) is 0 Å². The van der Waals surface area contributed by atoms with E-state index in [9.17, 15) is 9.59 Å². The lowest BCUT2D eigenvalue weighted by Crippen LogP contribution is -2.30. The molecule has 6 heteroatoms. The van der Waals surface area contributed by atoms with E-state index in [0.29, 0.717) is 16.1 Å². The van der Waals surface area contributed by atoms with E-state index >= 15 is 0 Å². The van der Waals surface area contributed by atoms with Crippen molar-refractivity contribution in [2.45, 2.75) is 59.1 Å². The molecular formula is C23H26N2O3S. The molecule has 29 heavy (non-hydrogen) atoms. The van der Waals surface area contributed by atoms with Crippen LogP contribution in [0.1, 0.15) is 43.7 Å². The van der Waals surface area contributed by atoms with Gasteiger partial charge < -0.3 is 4.74 Å². The molecule has 0 aliphatic heterocycles. The molecule has 3 aromatic rings. The van der Waals surface area contributed by atoms with Gasteiger partial charge in [0.15, 0.2) is 0 Å². The fraction of sp³-hybridized carbons (Fsp3) is 0.435. The quantitative estimate of drug-likeness (QED) is 0.576. The molecule has 152 valence electrons. The van der Waals surface area contributed by atoms with E-state index in [0.717, 1.165) is 30.4 Å². The Balaban J connectivity index is 1.61. The highest BCUT2D eigenvalue weighted by Gasteiger charge is 2.23. The maximum absolute atomic E-state index is 13.1. The summed E-state index contributed by atoms with van der Waals surface area (Å²) < 4.78 is 7.00. The molecular weight excluding hydrogens is 384 g/mol. The Bertz CT molecular complexity index is 1110. The number of thiophene rings is 1. The first kappa shape index (κ1) is 19.8. The van der Waals surface area contributed by atoms with Gasteiger partial charge in [0.25, 0.3) is 5.56 Å². The zero-order valence-corrected chi connectivity index (χ0v) is 17.9. The lowest BCUT2D eigenvalue weighted by Gasteiger charge is -2.26. The number of esters is 1. The second-order valence-corrected chi connectivity index (χ2v) is 9.05. The van der Waals surface area contributed by atoms with E-state index in [1.54, 1.807) is 0 Å². The van der Waals surface area contributed by atoms with E-state index in [2.05, 4.69) is 37.9 Å². The topological polar surface area (TPSA) is 61.2 Å². The van der Waals surface area contributed by atoms with Crippen LogP contribution in [0.25, 0.3) is 21.3 Å². The van der Waals surface area contributed by atoms with Gasteiger partial charge in [-0.25, -0.2) is 4.98 Å². The van der Waals surface area contributed by atoms with Gasteiger partial charge in [0.05, 0.1) is 11.7 Å². The van der Waals surface area contributed by atoms with Crippen molar-refractivity contribution in [2.75, 3.05) is 0 Å². The molecule has 1 fully saturated rings. The second-order valence-electron chi connectivity index (χ2n) is 8.19. The van der Waals surface area contributed by atoms with Crippen molar-refractivity contribution in [2.24, 2.45) is 5.92 Å². The summed E-state index contributed by atoms with van der Waals surface area (Å²) >= 11 is 1.45. The molecule has 0 saturated heterocycles. The smallest absolute Gasteiger partial charge is 0.326 e. The van der Waals surface area contributed by atoms with Crippen LogP contribution >= 0.6 is 11.3 Å². The number of ether oxygens (including phenoxy) is 1. The summed E-state index contributed by atoms with van der Waals surface area (Å²) in [6, 6.07) is 6.18. The van der Waals surface area contributed by atoms with Gasteiger partial charge >= 0.3 is 5.97 Å². The zero-order chi connectivity index (χ0) is 20.5. The first-order chi connectivity index (χ1) is 13.9. The minimum Gasteiger partial charge on any atom is -0.461 e. The summed E-state index contributed by atoms with van der Waals surface area (Å²) in [4.78, 5) is 30.7. The van der Waals surface area contributed by atoms with Gasteiger partial charge in [0.1, 0.15) is 17.5 Å². The van der Waals surface area contributed by atoms with Gasteiger partial charge in [0.2, 0.25) is 0 Å². The van der Waals surface area contributed by atoms with Gasteiger partial charge in [-0.05, 0) is 55.7 Å². The Morgan fingerprint density at radius 3 is 2.86 bits per heavy atom. The summed E-state index contributed by atoms with van der Waals surface area (Å²) in [6.07, 6.45) is 5.50. The Kier molecular flexibility index (Phi) is 5.54. The van der Waals surface area contributed by atoms with Crippen molar-refractivity contribution in [3.8, 4) is 11.1 Å². The fourth-order valence-corrected chi connectivity index (χ4v) is 4.96. The first-order valence-electron chi connectivity index (χ1n) is 10.2. The normalized spacial score (nSPS) is 19.4. The third-order valence-electron chi connectivity index (χ3n) is 5.86. The summed E-state index contributed by atoms with van der Waals surface area (Å²) in [7, 11) is 0. The van der Waals surface area contributed by atoms with Crippen LogP contribution in [0.5, 0.6) is 0 Å². The molecule has 1 saturated carbocycles. The molecule has 2 aromatic heterocycles. The number of carbonyl (C=O) groups is 1. The van der Waals surface area contributed by atoms with E-state index in [1.165, 1.54) is 39.8 Å². The average Bonchev–Trinajstić information content (AvgIpc) is 3.11. The molecule has 1 aliphatic rings. The van der Waals surface area contributed by atoms with Crippen molar-refractivity contribution in [1.82, 2.24) is 9.55 Å². The predicted octanol–water partition coefficient (Wildman–Crippen LogP) is 4.86. The second kappa shape index (κ2) is 8.11. The van der Waals surface area contributed by atoms with Gasteiger partial charge in [-0.1, -0.05) is 31.5 Å². The minimum atomic E-state index is -0.365. The Hall–Kier alpha value is -2.47. The molecule has 0 N–H and O–H groups in total. The van der Waals surface area contributed by atoms with Crippen LogP contribution in [-0.4, -0.2) is 21.6 Å². The average molecular weight is 411 g/mol. The number of aryl methyl sites for hydroxylation is 2. The molecule has 0 amide bonds. The van der Waals surface area contributed by atoms with Gasteiger partial charge in [-0.2, -0.15) is 0 Å². The number of carbonyl (C=O) groups excluding carboxylic acids is 1. The molecule has 0 radical (unpaired) electrons. The van der Waals surface area contributed by atoms with Crippen LogP contribution in [0, 0.1) is 19.8 Å². The maximum Gasteiger partial charge on any atom is 0.326 e. The third kappa shape index (κ3) is 4.13. The van der Waals surface area contributed by atoms with E-state index in [-0.39, 0.29) is 24.2 Å². The lowest BCUT2D eigenvalue weighted by atomic mass is 9.89. The molecule has 0 spiro atoms. The fourth-order valence-electron chi connectivity index (χ4n) is 4.05. The molecule has 4 rings (SSSR count). The van der Waals surface area contributed by atoms with Crippen LogP contribution in [0.3, 0.4) is 0 Å². The Labute approximate surface area is 174 Å². The highest BCUT2D eigenvalue weighted by Crippen LogP contribution is 2.31. The SMILES string of the molecule is Cc1ccc(-c2csc3ncn(CC(=O)O[C@H]4CCC[C@H](C)C4)c(=O)c23)cc1C. The number of hydrogen-bond donors (Lipinski definition) is 0. The molecule has 2 heterocycles. The number of fused-ring (bicyclic) bond motifs is 1. The van der Waals surface area contributed by atoms with Crippen LogP contribution < -0.4 is 5.56 Å². The molecule has 1 aromatic carbocycles. The third-order valence-corrected chi connectivity index (χ3v) is 6.75. The van der Waals surface area contributed by atoms with Crippen molar-refractivity contribution < 1.29 is 9.53 Å². The number of nitrogens with zero attached hydrogens (tertiary/aromatic N) is 2. The van der Waals surface area contributed by atoms with Crippen LogP contribution in [0.15, 0.2) is 34.7 Å². The van der Waals surface area contributed by atoms with Crippen LogP contribution in [-0.2, 0) is 16.1 Å². The monoisotopic (exact) mass is 410 g/mol. The van der Waals surface area contributed by atoms with Crippen LogP contribution in [0.4, 0.5) is 0 Å². The van der Waals surface area contributed by atoms with Crippen LogP contribution in [0.2, 0.25) is 0 Å². The number of benzene rings is 1. The summed E-state index contributed by atoms with van der Waals surface area (Å²) in [5, 5.41) is 2.54. The van der Waals surface area contributed by atoms with Crippen molar-refractivity contribution >= 4 is 27.5 Å². The highest BCUT2D eigenvalue weighted by molar-refractivity contribution is 7.17. The standard InChI is InChI=1S/C23H26N2O3S/c1-14-5-4-6-18(9-14)28-20(26)11-25-13-24-22-21(23(25)27)19(12-29-22)17-8-7-15(2)16(3)10-17/h7-8,10,12-14,18H,4-6,9,11H2,1-3H3/t14-,18-/m0/s1. The number of aromatic nitrogens is 2. The maximum atomic E-state index is 13.1. The molecule has 0 bridgehead atoms. The van der Waals surface area contributed by atoms with E-state index in [4.69, 9.17) is 4.74 Å². The van der Waals surface area contributed by atoms with Gasteiger partial charge in [0, 0.05) is 10.9 Å². The van der Waals surface area contributed by atoms with Gasteiger partial charge in [-0.15, -0.1) is 11.3 Å². The molecule has 2 atom stereocenters. The number of hydrogen-bond acceptors (Lipinski definition) is 5. The summed E-state index contributed by atoms with van der Waals surface area (Å²) in [5.41, 5.74) is 4.06. The van der Waals surface area contributed by atoms with Crippen molar-refractivity contribution in [3.63, 3.8) is 0 Å². The Morgan fingerprint density at radius 2 is 2.10 bits per heavy atom. The first-order valence-corrected chi connectivity index (χ1v) is 11.0. The van der Waals surface area contributed by atoms with Gasteiger partial charge in [-0.3, -0.25) is 14.2 Å². The predicted molar refractivity (Wildman–Crippen MR) is 116 cm³/mol.